The first-order valence-corrected chi connectivity index (χ1v) is 5.10. The molecule has 64 valence electrons. The molecule has 1 aromatic rings. The van der Waals surface area contributed by atoms with E-state index in [2.05, 4.69) is 19.9 Å². The summed E-state index contributed by atoms with van der Waals surface area (Å²) in [5, 5.41) is 2.02. The first-order chi connectivity index (χ1) is 5.61. The highest BCUT2D eigenvalue weighted by molar-refractivity contribution is 7.12. The molecule has 1 aliphatic rings. The Kier molecular flexibility index (Phi) is 1.62. The molecule has 0 fully saturated rings. The molecule has 1 aliphatic carbocycles. The molecular formula is C10H12OS. The fourth-order valence-electron chi connectivity index (χ4n) is 1.73. The summed E-state index contributed by atoms with van der Waals surface area (Å²) < 4.78 is 0. The Bertz CT molecular complexity index is 322. The Morgan fingerprint density at radius 3 is 2.92 bits per heavy atom. The van der Waals surface area contributed by atoms with Crippen LogP contribution in [0.2, 0.25) is 0 Å². The smallest absolute Gasteiger partial charge is 0.173 e. The van der Waals surface area contributed by atoms with Crippen LogP contribution in [0.4, 0.5) is 0 Å². The third kappa shape index (κ3) is 1.02. The van der Waals surface area contributed by atoms with Crippen molar-refractivity contribution in [2.45, 2.75) is 32.1 Å². The highest BCUT2D eigenvalue weighted by atomic mass is 32.1. The molecule has 0 saturated heterocycles. The molecule has 0 aliphatic heterocycles. The molecule has 1 heterocycles. The minimum atomic E-state index is 0.212. The number of hydrogen-bond donors (Lipinski definition) is 0. The van der Waals surface area contributed by atoms with Crippen molar-refractivity contribution in [3.8, 4) is 0 Å². The van der Waals surface area contributed by atoms with Crippen molar-refractivity contribution >= 4 is 17.1 Å². The Balaban J connectivity index is 2.57. The van der Waals surface area contributed by atoms with E-state index >= 15 is 0 Å². The van der Waals surface area contributed by atoms with Gasteiger partial charge in [-0.25, -0.2) is 0 Å². The summed E-state index contributed by atoms with van der Waals surface area (Å²) in [7, 11) is 0. The number of carbonyl (C=O) groups is 1. The fraction of sp³-hybridized carbons (Fsp3) is 0.500. The van der Waals surface area contributed by atoms with Gasteiger partial charge in [-0.05, 0) is 28.8 Å². The summed E-state index contributed by atoms with van der Waals surface area (Å²) >= 11 is 1.59. The second kappa shape index (κ2) is 2.43. The standard InChI is InChI=1S/C10H12OS/c1-10(2)5-3-8(11)9-7(10)4-6-12-9/h4,6H,3,5H2,1-2H3. The summed E-state index contributed by atoms with van der Waals surface area (Å²) in [5.74, 6) is 0.333. The average Bonchev–Trinajstić information content (AvgIpc) is 2.46. The molecule has 1 nitrogen and oxygen atoms in total. The predicted molar refractivity (Wildman–Crippen MR) is 50.9 cm³/mol. The van der Waals surface area contributed by atoms with Crippen molar-refractivity contribution < 1.29 is 4.79 Å². The van der Waals surface area contributed by atoms with E-state index in [-0.39, 0.29) is 5.41 Å². The summed E-state index contributed by atoms with van der Waals surface area (Å²) in [4.78, 5) is 12.4. The molecule has 2 rings (SSSR count). The lowest BCUT2D eigenvalue weighted by Crippen LogP contribution is -2.25. The maximum absolute atomic E-state index is 11.4. The van der Waals surface area contributed by atoms with Crippen LogP contribution in [0.5, 0.6) is 0 Å². The van der Waals surface area contributed by atoms with Crippen LogP contribution < -0.4 is 0 Å². The molecular weight excluding hydrogens is 168 g/mol. The number of ketones is 1. The van der Waals surface area contributed by atoms with Gasteiger partial charge in [0.15, 0.2) is 5.78 Å². The zero-order valence-electron chi connectivity index (χ0n) is 7.39. The van der Waals surface area contributed by atoms with Crippen LogP contribution in [0.15, 0.2) is 11.4 Å². The number of Topliss-reactive ketones (excluding diaryl/α,β-unsaturated/α-hetero) is 1. The third-order valence-corrected chi connectivity index (χ3v) is 3.58. The second-order valence-corrected chi connectivity index (χ2v) is 4.89. The van der Waals surface area contributed by atoms with E-state index in [0.717, 1.165) is 17.7 Å². The molecule has 0 bridgehead atoms. The molecule has 0 spiro atoms. The first kappa shape index (κ1) is 7.99. The van der Waals surface area contributed by atoms with Gasteiger partial charge in [0.25, 0.3) is 0 Å². The Morgan fingerprint density at radius 2 is 2.25 bits per heavy atom. The molecule has 2 heteroatoms. The number of carbonyl (C=O) groups excluding carboxylic acids is 1. The van der Waals surface area contributed by atoms with E-state index in [1.807, 2.05) is 5.38 Å². The van der Waals surface area contributed by atoms with Crippen LogP contribution in [0.3, 0.4) is 0 Å². The van der Waals surface area contributed by atoms with Gasteiger partial charge in [-0.3, -0.25) is 4.79 Å². The lowest BCUT2D eigenvalue weighted by Gasteiger charge is -2.28. The van der Waals surface area contributed by atoms with Crippen LogP contribution in [0, 0.1) is 0 Å². The maximum Gasteiger partial charge on any atom is 0.173 e. The highest BCUT2D eigenvalue weighted by Crippen LogP contribution is 2.38. The van der Waals surface area contributed by atoms with E-state index in [4.69, 9.17) is 0 Å². The molecule has 12 heavy (non-hydrogen) atoms. The fourth-order valence-corrected chi connectivity index (χ4v) is 2.78. The number of rotatable bonds is 0. The summed E-state index contributed by atoms with van der Waals surface area (Å²) in [6.45, 7) is 4.43. The second-order valence-electron chi connectivity index (χ2n) is 3.97. The van der Waals surface area contributed by atoms with Crippen molar-refractivity contribution in [3.05, 3.63) is 21.9 Å². The average molecular weight is 180 g/mol. The monoisotopic (exact) mass is 180 g/mol. The van der Waals surface area contributed by atoms with Crippen LogP contribution in [0.25, 0.3) is 0 Å². The topological polar surface area (TPSA) is 17.1 Å². The van der Waals surface area contributed by atoms with Crippen LogP contribution in [-0.4, -0.2) is 5.78 Å². The lowest BCUT2D eigenvalue weighted by molar-refractivity contribution is 0.0962. The molecule has 0 saturated carbocycles. The Hall–Kier alpha value is -0.630. The van der Waals surface area contributed by atoms with Gasteiger partial charge in [0.1, 0.15) is 0 Å². The van der Waals surface area contributed by atoms with Gasteiger partial charge in [-0.2, -0.15) is 0 Å². The van der Waals surface area contributed by atoms with Gasteiger partial charge in [0.05, 0.1) is 4.88 Å². The minimum absolute atomic E-state index is 0.212. The van der Waals surface area contributed by atoms with Gasteiger partial charge >= 0.3 is 0 Å². The van der Waals surface area contributed by atoms with E-state index in [0.29, 0.717) is 5.78 Å². The van der Waals surface area contributed by atoms with Crippen LogP contribution in [-0.2, 0) is 5.41 Å². The number of fused-ring (bicyclic) bond motifs is 1. The summed E-state index contributed by atoms with van der Waals surface area (Å²) in [5.41, 5.74) is 1.47. The highest BCUT2D eigenvalue weighted by Gasteiger charge is 2.32. The maximum atomic E-state index is 11.4. The van der Waals surface area contributed by atoms with E-state index in [1.165, 1.54) is 5.56 Å². The van der Waals surface area contributed by atoms with Gasteiger partial charge < -0.3 is 0 Å². The van der Waals surface area contributed by atoms with Crippen molar-refractivity contribution in [2.75, 3.05) is 0 Å². The van der Waals surface area contributed by atoms with E-state index in [9.17, 15) is 4.79 Å². The lowest BCUT2D eigenvalue weighted by atomic mass is 9.76. The molecule has 0 atom stereocenters. The van der Waals surface area contributed by atoms with Gasteiger partial charge in [-0.1, -0.05) is 13.8 Å². The van der Waals surface area contributed by atoms with Gasteiger partial charge in [-0.15, -0.1) is 11.3 Å². The van der Waals surface area contributed by atoms with Crippen LogP contribution in [0.1, 0.15) is 41.9 Å². The van der Waals surface area contributed by atoms with E-state index in [1.54, 1.807) is 11.3 Å². The molecule has 0 amide bonds. The van der Waals surface area contributed by atoms with Gasteiger partial charge in [0, 0.05) is 6.42 Å². The Labute approximate surface area is 76.4 Å². The molecule has 0 radical (unpaired) electrons. The normalized spacial score (nSPS) is 20.7. The van der Waals surface area contributed by atoms with Crippen LogP contribution >= 0.6 is 11.3 Å². The Morgan fingerprint density at radius 1 is 1.50 bits per heavy atom. The van der Waals surface area contributed by atoms with Gasteiger partial charge in [0.2, 0.25) is 0 Å². The number of thiophene rings is 1. The van der Waals surface area contributed by atoms with Crippen molar-refractivity contribution in [1.29, 1.82) is 0 Å². The molecule has 0 unspecified atom stereocenters. The number of hydrogen-bond acceptors (Lipinski definition) is 2. The summed E-state index contributed by atoms with van der Waals surface area (Å²) in [6.07, 6.45) is 1.72. The summed E-state index contributed by atoms with van der Waals surface area (Å²) in [6, 6.07) is 2.09. The third-order valence-electron chi connectivity index (χ3n) is 2.62. The predicted octanol–water partition coefficient (Wildman–Crippen LogP) is 3.00. The molecule has 0 N–H and O–H groups in total. The SMILES string of the molecule is CC1(C)CCC(=O)c2sccc21. The van der Waals surface area contributed by atoms with E-state index < -0.39 is 0 Å². The largest absolute Gasteiger partial charge is 0.293 e. The zero-order valence-corrected chi connectivity index (χ0v) is 8.20. The molecule has 0 aromatic carbocycles. The zero-order chi connectivity index (χ0) is 8.77. The first-order valence-electron chi connectivity index (χ1n) is 4.22. The molecule has 1 aromatic heterocycles. The minimum Gasteiger partial charge on any atom is -0.293 e. The van der Waals surface area contributed by atoms with Crippen molar-refractivity contribution in [1.82, 2.24) is 0 Å². The quantitative estimate of drug-likeness (QED) is 0.600. The van der Waals surface area contributed by atoms with Crippen molar-refractivity contribution in [2.24, 2.45) is 0 Å². The van der Waals surface area contributed by atoms with Crippen molar-refractivity contribution in [3.63, 3.8) is 0 Å².